The van der Waals surface area contributed by atoms with Crippen molar-refractivity contribution in [2.24, 2.45) is 0 Å². The zero-order chi connectivity index (χ0) is 10.1. The van der Waals surface area contributed by atoms with E-state index >= 15 is 0 Å². The molecule has 0 aromatic heterocycles. The Balaban J connectivity index is 1.94. The fraction of sp³-hybridized carbons (Fsp3) is 0.909. The minimum Gasteiger partial charge on any atom is -0.335 e. The highest BCUT2D eigenvalue weighted by Gasteiger charge is 2.35. The topological polar surface area (TPSA) is 32.3 Å². The molecular weight excluding hydrogens is 176 g/mol. The smallest absolute Gasteiger partial charge is 0.318 e. The number of hydrogen-bond acceptors (Lipinski definition) is 1. The Morgan fingerprint density at radius 1 is 1.36 bits per heavy atom. The number of carbonyl (C=O) groups is 1. The number of nitrogens with one attached hydrogen (secondary N) is 1. The number of carbonyl (C=O) groups excluding carboxylic acids is 1. The summed E-state index contributed by atoms with van der Waals surface area (Å²) in [5.41, 5.74) is 0. The third-order valence-corrected chi connectivity index (χ3v) is 3.40. The number of urea groups is 1. The number of likely N-dealkylation sites (tertiary alicyclic amines) is 1. The Morgan fingerprint density at radius 3 is 2.64 bits per heavy atom. The lowest BCUT2D eigenvalue weighted by atomic mass is 10.2. The van der Waals surface area contributed by atoms with Gasteiger partial charge in [0, 0.05) is 18.1 Å². The molecule has 3 heteroatoms. The van der Waals surface area contributed by atoms with Gasteiger partial charge < -0.3 is 10.2 Å². The van der Waals surface area contributed by atoms with Crippen molar-refractivity contribution in [3.63, 3.8) is 0 Å². The second-order valence-corrected chi connectivity index (χ2v) is 4.62. The van der Waals surface area contributed by atoms with E-state index in [1.807, 2.05) is 0 Å². The Bertz CT molecular complexity index is 225. The van der Waals surface area contributed by atoms with Crippen LogP contribution in [0.1, 0.15) is 46.0 Å². The minimum atomic E-state index is 0.171. The van der Waals surface area contributed by atoms with Gasteiger partial charge in [-0.2, -0.15) is 0 Å². The number of rotatable bonds is 2. The highest BCUT2D eigenvalue weighted by molar-refractivity contribution is 5.75. The summed E-state index contributed by atoms with van der Waals surface area (Å²) in [6, 6.07) is 1.56. The molecule has 14 heavy (non-hydrogen) atoms. The Hall–Kier alpha value is -0.730. The van der Waals surface area contributed by atoms with Crippen LogP contribution in [0, 0.1) is 0 Å². The van der Waals surface area contributed by atoms with Crippen molar-refractivity contribution in [1.29, 1.82) is 0 Å². The van der Waals surface area contributed by atoms with Crippen LogP contribution in [0.3, 0.4) is 0 Å². The third-order valence-electron chi connectivity index (χ3n) is 3.40. The zero-order valence-electron chi connectivity index (χ0n) is 9.12. The van der Waals surface area contributed by atoms with Gasteiger partial charge in [-0.25, -0.2) is 4.79 Å². The summed E-state index contributed by atoms with van der Waals surface area (Å²) in [7, 11) is 0. The van der Waals surface area contributed by atoms with Crippen LogP contribution in [0.5, 0.6) is 0 Å². The van der Waals surface area contributed by atoms with Gasteiger partial charge in [0.25, 0.3) is 0 Å². The molecule has 1 saturated carbocycles. The fourth-order valence-corrected chi connectivity index (χ4v) is 2.32. The van der Waals surface area contributed by atoms with Crippen molar-refractivity contribution in [3.8, 4) is 0 Å². The number of amides is 2. The van der Waals surface area contributed by atoms with Crippen LogP contribution in [-0.2, 0) is 0 Å². The van der Waals surface area contributed by atoms with Crippen LogP contribution in [0.15, 0.2) is 0 Å². The van der Waals surface area contributed by atoms with Crippen molar-refractivity contribution < 1.29 is 4.79 Å². The van der Waals surface area contributed by atoms with Gasteiger partial charge in [-0.05, 0) is 39.0 Å². The van der Waals surface area contributed by atoms with Crippen LogP contribution >= 0.6 is 0 Å². The maximum Gasteiger partial charge on any atom is 0.318 e. The van der Waals surface area contributed by atoms with Crippen molar-refractivity contribution in [2.75, 3.05) is 0 Å². The molecule has 1 aliphatic carbocycles. The van der Waals surface area contributed by atoms with Crippen molar-refractivity contribution in [3.05, 3.63) is 0 Å². The predicted octanol–water partition coefficient (Wildman–Crippen LogP) is 2.12. The first-order chi connectivity index (χ1) is 6.72. The van der Waals surface area contributed by atoms with Crippen LogP contribution in [-0.4, -0.2) is 29.1 Å². The van der Waals surface area contributed by atoms with E-state index in [2.05, 4.69) is 24.1 Å². The molecule has 1 heterocycles. The van der Waals surface area contributed by atoms with Crippen LogP contribution in [0.25, 0.3) is 0 Å². The van der Waals surface area contributed by atoms with Gasteiger partial charge in [0.2, 0.25) is 0 Å². The van der Waals surface area contributed by atoms with Gasteiger partial charge in [-0.1, -0.05) is 6.92 Å². The molecule has 0 bridgehead atoms. The number of nitrogens with zero attached hydrogens (tertiary/aromatic N) is 1. The van der Waals surface area contributed by atoms with Gasteiger partial charge in [0.1, 0.15) is 0 Å². The first kappa shape index (κ1) is 9.81. The van der Waals surface area contributed by atoms with Crippen molar-refractivity contribution in [2.45, 2.75) is 64.1 Å². The summed E-state index contributed by atoms with van der Waals surface area (Å²) in [6.45, 7) is 4.32. The Morgan fingerprint density at radius 2 is 2.07 bits per heavy atom. The molecule has 2 rings (SSSR count). The van der Waals surface area contributed by atoms with E-state index in [1.54, 1.807) is 0 Å². The first-order valence-corrected chi connectivity index (χ1v) is 5.81. The second kappa shape index (κ2) is 3.79. The van der Waals surface area contributed by atoms with E-state index in [-0.39, 0.29) is 6.03 Å². The maximum atomic E-state index is 11.9. The molecule has 0 radical (unpaired) electrons. The zero-order valence-corrected chi connectivity index (χ0v) is 9.12. The molecule has 80 valence electrons. The van der Waals surface area contributed by atoms with E-state index in [4.69, 9.17) is 0 Å². The largest absolute Gasteiger partial charge is 0.335 e. The van der Waals surface area contributed by atoms with Crippen molar-refractivity contribution >= 4 is 6.03 Å². The Labute approximate surface area is 85.8 Å². The van der Waals surface area contributed by atoms with Gasteiger partial charge in [0.05, 0.1) is 0 Å². The van der Waals surface area contributed by atoms with Crippen LogP contribution in [0.4, 0.5) is 4.79 Å². The average molecular weight is 196 g/mol. The SMILES string of the molecule is CCC1CCC(C)N1C(=O)NC1CC1. The molecule has 2 unspecified atom stereocenters. The van der Waals surface area contributed by atoms with E-state index in [1.165, 1.54) is 19.3 Å². The molecule has 2 atom stereocenters. The maximum absolute atomic E-state index is 11.9. The minimum absolute atomic E-state index is 0.171. The van der Waals surface area contributed by atoms with Crippen molar-refractivity contribution in [1.82, 2.24) is 10.2 Å². The molecule has 0 aromatic carbocycles. The highest BCUT2D eigenvalue weighted by Crippen LogP contribution is 2.27. The lowest BCUT2D eigenvalue weighted by Crippen LogP contribution is -2.46. The lowest BCUT2D eigenvalue weighted by Gasteiger charge is -2.28. The molecular formula is C11H20N2O. The van der Waals surface area contributed by atoms with Gasteiger partial charge in [0.15, 0.2) is 0 Å². The van der Waals surface area contributed by atoms with E-state index < -0.39 is 0 Å². The summed E-state index contributed by atoms with van der Waals surface area (Å²) < 4.78 is 0. The van der Waals surface area contributed by atoms with E-state index in [0.29, 0.717) is 18.1 Å². The normalized spacial score (nSPS) is 32.0. The third kappa shape index (κ3) is 1.86. The molecule has 2 amide bonds. The molecule has 0 spiro atoms. The average Bonchev–Trinajstić information content (AvgIpc) is 2.87. The van der Waals surface area contributed by atoms with Gasteiger partial charge >= 0.3 is 6.03 Å². The quantitative estimate of drug-likeness (QED) is 0.721. The summed E-state index contributed by atoms with van der Waals surface area (Å²) in [5, 5.41) is 3.08. The molecule has 2 fully saturated rings. The summed E-state index contributed by atoms with van der Waals surface area (Å²) in [5.74, 6) is 0. The van der Waals surface area contributed by atoms with Gasteiger partial charge in [-0.15, -0.1) is 0 Å². The highest BCUT2D eigenvalue weighted by atomic mass is 16.2. The molecule has 0 aromatic rings. The summed E-state index contributed by atoms with van der Waals surface area (Å²) >= 11 is 0. The van der Waals surface area contributed by atoms with E-state index in [0.717, 1.165) is 12.8 Å². The van der Waals surface area contributed by atoms with Crippen LogP contribution < -0.4 is 5.32 Å². The van der Waals surface area contributed by atoms with E-state index in [9.17, 15) is 4.79 Å². The lowest BCUT2D eigenvalue weighted by molar-refractivity contribution is 0.174. The molecule has 3 nitrogen and oxygen atoms in total. The second-order valence-electron chi connectivity index (χ2n) is 4.62. The van der Waals surface area contributed by atoms with Gasteiger partial charge in [-0.3, -0.25) is 0 Å². The molecule has 2 aliphatic rings. The summed E-state index contributed by atoms with van der Waals surface area (Å²) in [4.78, 5) is 13.9. The fourth-order valence-electron chi connectivity index (χ4n) is 2.32. The van der Waals surface area contributed by atoms with Crippen LogP contribution in [0.2, 0.25) is 0 Å². The number of hydrogen-bond donors (Lipinski definition) is 1. The summed E-state index contributed by atoms with van der Waals surface area (Å²) in [6.07, 6.45) is 5.77. The monoisotopic (exact) mass is 196 g/mol. The molecule has 1 N–H and O–H groups in total. The molecule has 1 aliphatic heterocycles. The first-order valence-electron chi connectivity index (χ1n) is 5.81. The molecule has 1 saturated heterocycles. The predicted molar refractivity (Wildman–Crippen MR) is 56.2 cm³/mol. The standard InChI is InChI=1S/C11H20N2O/c1-3-10-7-4-8(2)13(10)11(14)12-9-5-6-9/h8-10H,3-7H2,1-2H3,(H,12,14). The Kier molecular flexibility index (Phi) is 2.66.